The van der Waals surface area contributed by atoms with Crippen molar-refractivity contribution < 1.29 is 13.6 Å². The van der Waals surface area contributed by atoms with E-state index < -0.39 is 17.5 Å². The molecule has 0 radical (unpaired) electrons. The number of pyridine rings is 1. The van der Waals surface area contributed by atoms with E-state index in [4.69, 9.17) is 0 Å². The number of nitrogens with one attached hydrogen (secondary N) is 1. The van der Waals surface area contributed by atoms with Gasteiger partial charge in [-0.1, -0.05) is 6.92 Å². The predicted molar refractivity (Wildman–Crippen MR) is 86.6 cm³/mol. The lowest BCUT2D eigenvalue weighted by atomic mass is 10.2. The molecule has 0 fully saturated rings. The van der Waals surface area contributed by atoms with Crippen molar-refractivity contribution in [3.05, 3.63) is 64.0 Å². The van der Waals surface area contributed by atoms with Gasteiger partial charge >= 0.3 is 0 Å². The van der Waals surface area contributed by atoms with Crippen LogP contribution in [0.15, 0.2) is 41.0 Å². The summed E-state index contributed by atoms with van der Waals surface area (Å²) in [5.41, 5.74) is 1.47. The van der Waals surface area contributed by atoms with Crippen LogP contribution >= 0.6 is 15.9 Å². The van der Waals surface area contributed by atoms with Crippen molar-refractivity contribution >= 4 is 33.2 Å². The molecule has 3 aromatic rings. The Labute approximate surface area is 139 Å². The van der Waals surface area contributed by atoms with Gasteiger partial charge in [-0.3, -0.25) is 9.20 Å². The minimum absolute atomic E-state index is 0.0802. The molecule has 0 unspecified atom stereocenters. The molecule has 0 atom stereocenters. The number of fused-ring (bicyclic) bond motifs is 1. The number of aromatic nitrogens is 2. The van der Waals surface area contributed by atoms with Crippen molar-refractivity contribution in [2.45, 2.75) is 13.3 Å². The third kappa shape index (κ3) is 2.96. The number of amides is 1. The van der Waals surface area contributed by atoms with Crippen molar-refractivity contribution in [1.82, 2.24) is 9.38 Å². The largest absolute Gasteiger partial charge is 0.318 e. The van der Waals surface area contributed by atoms with E-state index in [9.17, 15) is 13.6 Å². The van der Waals surface area contributed by atoms with Crippen molar-refractivity contribution in [1.29, 1.82) is 0 Å². The van der Waals surface area contributed by atoms with E-state index in [1.165, 1.54) is 6.07 Å². The predicted octanol–water partition coefficient (Wildman–Crippen LogP) is 4.19. The fourth-order valence-corrected chi connectivity index (χ4v) is 2.66. The van der Waals surface area contributed by atoms with Crippen LogP contribution < -0.4 is 5.32 Å². The van der Waals surface area contributed by atoms with Crippen molar-refractivity contribution in [3.8, 4) is 0 Å². The molecule has 2 aromatic heterocycles. The highest BCUT2D eigenvalue weighted by Gasteiger charge is 2.19. The molecule has 0 aliphatic carbocycles. The molecule has 1 N–H and O–H groups in total. The maximum absolute atomic E-state index is 13.7. The summed E-state index contributed by atoms with van der Waals surface area (Å²) in [6.45, 7) is 1.88. The maximum atomic E-state index is 13.7. The first-order valence-electron chi connectivity index (χ1n) is 6.92. The lowest BCUT2D eigenvalue weighted by Gasteiger charge is -2.08. The number of carbonyl (C=O) groups excluding carboxylic acids is 1. The Hall–Kier alpha value is -2.28. The second-order valence-electron chi connectivity index (χ2n) is 4.91. The quantitative estimate of drug-likeness (QED) is 0.741. The van der Waals surface area contributed by atoms with E-state index in [1.807, 2.05) is 13.0 Å². The fourth-order valence-electron chi connectivity index (χ4n) is 2.33. The molecular formula is C16H12BrF2N3O. The lowest BCUT2D eigenvalue weighted by molar-refractivity contribution is 0.102. The number of aryl methyl sites for hydroxylation is 1. The molecule has 0 aliphatic rings. The number of nitrogens with zero attached hydrogens (tertiary/aromatic N) is 2. The van der Waals surface area contributed by atoms with E-state index in [-0.39, 0.29) is 5.69 Å². The summed E-state index contributed by atoms with van der Waals surface area (Å²) in [6, 6.07) is 6.60. The molecule has 7 heteroatoms. The Bertz CT molecular complexity index is 908. The van der Waals surface area contributed by atoms with Crippen molar-refractivity contribution in [2.24, 2.45) is 0 Å². The summed E-state index contributed by atoms with van der Waals surface area (Å²) in [5.74, 6) is -2.03. The van der Waals surface area contributed by atoms with Crippen molar-refractivity contribution in [2.75, 3.05) is 5.32 Å². The van der Waals surface area contributed by atoms with Crippen LogP contribution in [0.4, 0.5) is 14.5 Å². The highest BCUT2D eigenvalue weighted by molar-refractivity contribution is 9.10. The van der Waals surface area contributed by atoms with Gasteiger partial charge in [0.1, 0.15) is 23.0 Å². The molecule has 23 heavy (non-hydrogen) atoms. The number of carbonyl (C=O) groups is 1. The smallest absolute Gasteiger partial charge is 0.274 e. The molecule has 3 rings (SSSR count). The first-order chi connectivity index (χ1) is 11.0. The summed E-state index contributed by atoms with van der Waals surface area (Å²) in [4.78, 5) is 17.0. The van der Waals surface area contributed by atoms with Gasteiger partial charge in [0.15, 0.2) is 0 Å². The van der Waals surface area contributed by atoms with E-state index >= 15 is 0 Å². The van der Waals surface area contributed by atoms with E-state index in [1.54, 1.807) is 16.7 Å². The molecule has 4 nitrogen and oxygen atoms in total. The number of rotatable bonds is 3. The number of hydrogen-bond acceptors (Lipinski definition) is 2. The first-order valence-corrected chi connectivity index (χ1v) is 7.71. The second-order valence-corrected chi connectivity index (χ2v) is 5.83. The van der Waals surface area contributed by atoms with Crippen LogP contribution in [-0.4, -0.2) is 15.3 Å². The summed E-state index contributed by atoms with van der Waals surface area (Å²) in [6.07, 6.45) is 2.27. The topological polar surface area (TPSA) is 46.4 Å². The standard InChI is InChI=1S/C16H12BrF2N3O/c1-2-12-15(22-8-9(17)3-6-14(22)20-12)16(23)21-13-5-4-10(18)7-11(13)19/h3-8H,2H2,1H3,(H,21,23). The molecule has 1 aromatic carbocycles. The summed E-state index contributed by atoms with van der Waals surface area (Å²) in [5, 5.41) is 2.47. The Balaban J connectivity index is 2.04. The SMILES string of the molecule is CCc1nc2ccc(Br)cn2c1C(=O)Nc1ccc(F)cc1F. The fraction of sp³-hybridized carbons (Fsp3) is 0.125. The van der Waals surface area contributed by atoms with Gasteiger partial charge in [-0.05, 0) is 46.6 Å². The average Bonchev–Trinajstić information content (AvgIpc) is 2.87. The van der Waals surface area contributed by atoms with Crippen LogP contribution in [0.25, 0.3) is 5.65 Å². The van der Waals surface area contributed by atoms with E-state index in [0.29, 0.717) is 23.5 Å². The number of benzene rings is 1. The highest BCUT2D eigenvalue weighted by Crippen LogP contribution is 2.20. The zero-order valence-corrected chi connectivity index (χ0v) is 13.7. The molecule has 0 bridgehead atoms. The van der Waals surface area contributed by atoms with E-state index in [2.05, 4.69) is 26.2 Å². The molecule has 0 spiro atoms. The number of halogens is 3. The maximum Gasteiger partial charge on any atom is 0.274 e. The number of hydrogen-bond donors (Lipinski definition) is 1. The van der Waals surface area contributed by atoms with Crippen molar-refractivity contribution in [3.63, 3.8) is 0 Å². The van der Waals surface area contributed by atoms with Gasteiger partial charge in [0.2, 0.25) is 0 Å². The molecule has 118 valence electrons. The number of imidazole rings is 1. The minimum atomic E-state index is -0.827. The van der Waals surface area contributed by atoms with Crippen LogP contribution in [0.2, 0.25) is 0 Å². The van der Waals surface area contributed by atoms with E-state index in [0.717, 1.165) is 16.6 Å². The van der Waals surface area contributed by atoms with Gasteiger partial charge in [0.05, 0.1) is 11.4 Å². The third-order valence-corrected chi connectivity index (χ3v) is 3.85. The Morgan fingerprint density at radius 1 is 1.30 bits per heavy atom. The van der Waals surface area contributed by atoms with Gasteiger partial charge in [-0.15, -0.1) is 0 Å². The van der Waals surface area contributed by atoms with Gasteiger partial charge in [-0.2, -0.15) is 0 Å². The molecule has 0 saturated carbocycles. The number of anilines is 1. The first kappa shape index (κ1) is 15.6. The second kappa shape index (κ2) is 6.08. The summed E-state index contributed by atoms with van der Waals surface area (Å²) >= 11 is 3.35. The summed E-state index contributed by atoms with van der Waals surface area (Å²) < 4.78 is 29.1. The van der Waals surface area contributed by atoms with Crippen LogP contribution in [-0.2, 0) is 6.42 Å². The lowest BCUT2D eigenvalue weighted by Crippen LogP contribution is -2.17. The molecule has 0 aliphatic heterocycles. The van der Waals surface area contributed by atoms with Crippen LogP contribution in [0, 0.1) is 11.6 Å². The molecule has 1 amide bonds. The zero-order valence-electron chi connectivity index (χ0n) is 12.1. The molecule has 0 saturated heterocycles. The van der Waals surface area contributed by atoms with Gasteiger partial charge in [-0.25, -0.2) is 13.8 Å². The van der Waals surface area contributed by atoms with Gasteiger partial charge in [0, 0.05) is 16.7 Å². The Kier molecular flexibility index (Phi) is 4.12. The van der Waals surface area contributed by atoms with Crippen LogP contribution in [0.5, 0.6) is 0 Å². The van der Waals surface area contributed by atoms with Crippen LogP contribution in [0.3, 0.4) is 0 Å². The Morgan fingerprint density at radius 3 is 2.78 bits per heavy atom. The Morgan fingerprint density at radius 2 is 2.09 bits per heavy atom. The normalized spacial score (nSPS) is 11.0. The summed E-state index contributed by atoms with van der Waals surface area (Å²) in [7, 11) is 0. The van der Waals surface area contributed by atoms with Gasteiger partial charge in [0.25, 0.3) is 5.91 Å². The van der Waals surface area contributed by atoms with Crippen LogP contribution in [0.1, 0.15) is 23.1 Å². The minimum Gasteiger partial charge on any atom is -0.318 e. The van der Waals surface area contributed by atoms with Gasteiger partial charge < -0.3 is 5.32 Å². The third-order valence-electron chi connectivity index (χ3n) is 3.38. The highest BCUT2D eigenvalue weighted by atomic mass is 79.9. The zero-order chi connectivity index (χ0) is 16.6. The molecule has 2 heterocycles. The average molecular weight is 380 g/mol. The monoisotopic (exact) mass is 379 g/mol. The molecular weight excluding hydrogens is 368 g/mol.